The predicted octanol–water partition coefficient (Wildman–Crippen LogP) is 3.20. The monoisotopic (exact) mass is 243 g/mol. The number of non-ortho nitro benzene ring substituents is 1. The smallest absolute Gasteiger partial charge is 0.273 e. The Labute approximate surface area is 103 Å². The van der Waals surface area contributed by atoms with Gasteiger partial charge in [-0.3, -0.25) is 14.9 Å². The third kappa shape index (κ3) is 2.52. The molecule has 0 saturated heterocycles. The number of ether oxygens (including phenoxy) is 1. The number of nitro groups is 1. The van der Waals surface area contributed by atoms with E-state index in [4.69, 9.17) is 4.74 Å². The van der Waals surface area contributed by atoms with Gasteiger partial charge in [0.25, 0.3) is 5.69 Å². The minimum atomic E-state index is -0.535. The zero-order valence-corrected chi connectivity index (χ0v) is 9.28. The van der Waals surface area contributed by atoms with E-state index in [0.717, 1.165) is 0 Å². The van der Waals surface area contributed by atoms with Crippen molar-refractivity contribution >= 4 is 12.0 Å². The van der Waals surface area contributed by atoms with Gasteiger partial charge in [-0.2, -0.15) is 0 Å². The van der Waals surface area contributed by atoms with Gasteiger partial charge in [0.2, 0.25) is 0 Å². The van der Waals surface area contributed by atoms with Crippen molar-refractivity contribution in [1.82, 2.24) is 0 Å². The van der Waals surface area contributed by atoms with E-state index in [9.17, 15) is 14.9 Å². The fraction of sp³-hybridized carbons (Fsp3) is 0. The first-order chi connectivity index (χ1) is 8.70. The Balaban J connectivity index is 2.38. The number of nitrogens with zero attached hydrogens (tertiary/aromatic N) is 1. The lowest BCUT2D eigenvalue weighted by Gasteiger charge is -2.07. The number of rotatable bonds is 4. The molecule has 0 radical (unpaired) electrons. The number of aldehydes is 1. The molecular formula is C13H9NO4. The molecule has 0 atom stereocenters. The normalized spacial score (nSPS) is 9.78. The van der Waals surface area contributed by atoms with Crippen molar-refractivity contribution < 1.29 is 14.5 Å². The van der Waals surface area contributed by atoms with Crippen LogP contribution in [0.4, 0.5) is 5.69 Å². The molecule has 5 nitrogen and oxygen atoms in total. The summed E-state index contributed by atoms with van der Waals surface area (Å²) in [4.78, 5) is 21.0. The summed E-state index contributed by atoms with van der Waals surface area (Å²) >= 11 is 0. The molecule has 0 aromatic heterocycles. The molecule has 0 N–H and O–H groups in total. The van der Waals surface area contributed by atoms with Crippen molar-refractivity contribution in [1.29, 1.82) is 0 Å². The van der Waals surface area contributed by atoms with Crippen molar-refractivity contribution in [3.05, 3.63) is 64.2 Å². The zero-order valence-electron chi connectivity index (χ0n) is 9.28. The molecule has 0 amide bonds. The third-order valence-corrected chi connectivity index (χ3v) is 2.31. The van der Waals surface area contributed by atoms with Gasteiger partial charge in [-0.25, -0.2) is 0 Å². The van der Waals surface area contributed by atoms with Crippen molar-refractivity contribution in [2.45, 2.75) is 0 Å². The van der Waals surface area contributed by atoms with Crippen LogP contribution in [-0.2, 0) is 0 Å². The molecule has 0 spiro atoms. The van der Waals surface area contributed by atoms with Crippen LogP contribution >= 0.6 is 0 Å². The minimum Gasteiger partial charge on any atom is -0.456 e. The fourth-order valence-corrected chi connectivity index (χ4v) is 1.44. The van der Waals surface area contributed by atoms with Crippen molar-refractivity contribution in [3.63, 3.8) is 0 Å². The van der Waals surface area contributed by atoms with E-state index in [1.807, 2.05) is 6.07 Å². The van der Waals surface area contributed by atoms with Crippen LogP contribution in [-0.4, -0.2) is 11.2 Å². The molecule has 0 fully saturated rings. The zero-order chi connectivity index (χ0) is 13.0. The minimum absolute atomic E-state index is 0.119. The van der Waals surface area contributed by atoms with Crippen LogP contribution in [0.1, 0.15) is 10.4 Å². The largest absolute Gasteiger partial charge is 0.456 e. The van der Waals surface area contributed by atoms with Crippen molar-refractivity contribution in [2.24, 2.45) is 0 Å². The lowest BCUT2D eigenvalue weighted by Crippen LogP contribution is -1.94. The topological polar surface area (TPSA) is 69.4 Å². The lowest BCUT2D eigenvalue weighted by molar-refractivity contribution is -0.384. The summed E-state index contributed by atoms with van der Waals surface area (Å²) in [7, 11) is 0. The molecular weight excluding hydrogens is 234 g/mol. The van der Waals surface area contributed by atoms with Crippen LogP contribution in [0.5, 0.6) is 11.5 Å². The number of hydrogen-bond donors (Lipinski definition) is 0. The van der Waals surface area contributed by atoms with Gasteiger partial charge in [-0.05, 0) is 18.2 Å². The Bertz CT molecular complexity index is 581. The highest BCUT2D eigenvalue weighted by atomic mass is 16.6. The highest BCUT2D eigenvalue weighted by Crippen LogP contribution is 2.28. The fourth-order valence-electron chi connectivity index (χ4n) is 1.44. The van der Waals surface area contributed by atoms with Gasteiger partial charge < -0.3 is 4.74 Å². The Kier molecular flexibility index (Phi) is 3.33. The molecule has 2 rings (SSSR count). The second-order valence-corrected chi connectivity index (χ2v) is 3.51. The van der Waals surface area contributed by atoms with E-state index in [0.29, 0.717) is 12.0 Å². The molecule has 0 aliphatic heterocycles. The average molecular weight is 243 g/mol. The maximum atomic E-state index is 10.8. The van der Waals surface area contributed by atoms with Gasteiger partial charge >= 0.3 is 0 Å². The second-order valence-electron chi connectivity index (χ2n) is 3.51. The van der Waals surface area contributed by atoms with E-state index < -0.39 is 4.92 Å². The summed E-state index contributed by atoms with van der Waals surface area (Å²) in [6.07, 6.45) is 0.599. The quantitative estimate of drug-likeness (QED) is 0.469. The highest BCUT2D eigenvalue weighted by molar-refractivity contribution is 5.80. The van der Waals surface area contributed by atoms with E-state index in [1.54, 1.807) is 24.3 Å². The SMILES string of the molecule is O=Cc1ccc([N+](=O)[O-])cc1Oc1ccccc1. The van der Waals surface area contributed by atoms with E-state index >= 15 is 0 Å². The van der Waals surface area contributed by atoms with Crippen LogP contribution in [0.2, 0.25) is 0 Å². The molecule has 2 aromatic rings. The van der Waals surface area contributed by atoms with Gasteiger partial charge in [0.05, 0.1) is 16.6 Å². The van der Waals surface area contributed by atoms with E-state index in [2.05, 4.69) is 0 Å². The summed E-state index contributed by atoms with van der Waals surface area (Å²) in [6.45, 7) is 0. The molecule has 0 heterocycles. The number of carbonyl (C=O) groups is 1. The number of para-hydroxylation sites is 1. The Morgan fingerprint density at radius 3 is 2.44 bits per heavy atom. The number of nitro benzene ring substituents is 1. The highest BCUT2D eigenvalue weighted by Gasteiger charge is 2.12. The van der Waals surface area contributed by atoms with Gasteiger partial charge in [0, 0.05) is 6.07 Å². The summed E-state index contributed by atoms with van der Waals surface area (Å²) in [5.41, 5.74) is 0.149. The molecule has 90 valence electrons. The Morgan fingerprint density at radius 2 is 1.83 bits per heavy atom. The Hall–Kier alpha value is -2.69. The van der Waals surface area contributed by atoms with E-state index in [-0.39, 0.29) is 17.0 Å². The maximum absolute atomic E-state index is 10.8. The first kappa shape index (κ1) is 11.8. The standard InChI is InChI=1S/C13H9NO4/c15-9-10-6-7-11(14(16)17)8-13(10)18-12-4-2-1-3-5-12/h1-9H. The molecule has 18 heavy (non-hydrogen) atoms. The number of carbonyl (C=O) groups excluding carboxylic acids is 1. The summed E-state index contributed by atoms with van der Waals surface area (Å²) < 4.78 is 5.46. The maximum Gasteiger partial charge on any atom is 0.273 e. The van der Waals surface area contributed by atoms with Gasteiger partial charge in [0.1, 0.15) is 11.5 Å². The summed E-state index contributed by atoms with van der Waals surface area (Å²) in [5.74, 6) is 0.687. The number of benzene rings is 2. The predicted molar refractivity (Wildman–Crippen MR) is 65.0 cm³/mol. The van der Waals surface area contributed by atoms with Crippen LogP contribution in [0.25, 0.3) is 0 Å². The third-order valence-electron chi connectivity index (χ3n) is 2.31. The van der Waals surface area contributed by atoms with Crippen molar-refractivity contribution in [2.75, 3.05) is 0 Å². The Morgan fingerprint density at radius 1 is 1.11 bits per heavy atom. The number of hydrogen-bond acceptors (Lipinski definition) is 4. The molecule has 0 bridgehead atoms. The molecule has 0 saturated carbocycles. The van der Waals surface area contributed by atoms with Gasteiger partial charge in [-0.1, -0.05) is 18.2 Å². The van der Waals surface area contributed by atoms with Crippen molar-refractivity contribution in [3.8, 4) is 11.5 Å². The lowest BCUT2D eigenvalue weighted by atomic mass is 10.2. The van der Waals surface area contributed by atoms with Gasteiger partial charge in [0.15, 0.2) is 6.29 Å². The second kappa shape index (κ2) is 5.09. The molecule has 0 unspecified atom stereocenters. The molecule has 2 aromatic carbocycles. The summed E-state index contributed by atoms with van der Waals surface area (Å²) in [6, 6.07) is 12.6. The first-order valence-electron chi connectivity index (χ1n) is 5.17. The van der Waals surface area contributed by atoms with Crippen LogP contribution < -0.4 is 4.74 Å². The molecule has 0 aliphatic carbocycles. The van der Waals surface area contributed by atoms with Gasteiger partial charge in [-0.15, -0.1) is 0 Å². The summed E-state index contributed by atoms with van der Waals surface area (Å²) in [5, 5.41) is 10.7. The van der Waals surface area contributed by atoms with Crippen LogP contribution in [0.15, 0.2) is 48.5 Å². The van der Waals surface area contributed by atoms with Crippen LogP contribution in [0, 0.1) is 10.1 Å². The first-order valence-corrected chi connectivity index (χ1v) is 5.17. The molecule has 0 aliphatic rings. The van der Waals surface area contributed by atoms with E-state index in [1.165, 1.54) is 18.2 Å². The van der Waals surface area contributed by atoms with Crippen LogP contribution in [0.3, 0.4) is 0 Å². The molecule has 5 heteroatoms. The average Bonchev–Trinajstić information content (AvgIpc) is 2.39.